The third-order valence-electron chi connectivity index (χ3n) is 2.89. The molecule has 0 fully saturated rings. The quantitative estimate of drug-likeness (QED) is 0.894. The third-order valence-corrected chi connectivity index (χ3v) is 2.89. The maximum Gasteiger partial charge on any atom is 0.159 e. The molecule has 1 aromatic carbocycles. The van der Waals surface area contributed by atoms with Crippen LogP contribution in [0.2, 0.25) is 0 Å². The molecule has 0 saturated heterocycles. The van der Waals surface area contributed by atoms with Crippen LogP contribution in [-0.4, -0.2) is 17.0 Å². The van der Waals surface area contributed by atoms with Gasteiger partial charge in [-0.1, -0.05) is 31.2 Å². The molecule has 0 aliphatic rings. The zero-order chi connectivity index (χ0) is 13.0. The van der Waals surface area contributed by atoms with E-state index in [4.69, 9.17) is 0 Å². The second-order valence-corrected chi connectivity index (χ2v) is 4.41. The Hall–Kier alpha value is -1.74. The Morgan fingerprint density at radius 1 is 1.11 bits per heavy atom. The first-order valence-electron chi connectivity index (χ1n) is 6.31. The lowest BCUT2D eigenvalue weighted by Gasteiger charge is -2.06. The molecule has 1 aromatic heterocycles. The Kier molecular flexibility index (Phi) is 4.05. The van der Waals surface area contributed by atoms with E-state index in [1.54, 1.807) is 0 Å². The Labute approximate surface area is 108 Å². The van der Waals surface area contributed by atoms with E-state index in [0.717, 1.165) is 35.7 Å². The van der Waals surface area contributed by atoms with Crippen LogP contribution >= 0.6 is 0 Å². The predicted molar refractivity (Wildman–Crippen MR) is 74.3 cm³/mol. The van der Waals surface area contributed by atoms with Crippen LogP contribution in [-0.2, 0) is 13.0 Å². The van der Waals surface area contributed by atoms with E-state index in [1.165, 1.54) is 5.56 Å². The summed E-state index contributed by atoms with van der Waals surface area (Å²) in [6, 6.07) is 10.5. The standard InChI is InChI=1S/C15H19N3/c1-4-12-5-7-13(8-6-12)15-17-11(2)9-14(18-15)10-16-3/h5-9,16H,4,10H2,1-3H3. The molecule has 0 spiro atoms. The zero-order valence-electron chi connectivity index (χ0n) is 11.2. The highest BCUT2D eigenvalue weighted by Crippen LogP contribution is 2.17. The number of benzene rings is 1. The minimum absolute atomic E-state index is 0.767. The molecule has 3 heteroatoms. The van der Waals surface area contributed by atoms with Crippen LogP contribution < -0.4 is 5.32 Å². The van der Waals surface area contributed by atoms with Crippen molar-refractivity contribution in [2.75, 3.05) is 7.05 Å². The number of hydrogen-bond acceptors (Lipinski definition) is 3. The van der Waals surface area contributed by atoms with E-state index in [1.807, 2.05) is 20.0 Å². The molecule has 0 atom stereocenters. The molecule has 94 valence electrons. The summed E-state index contributed by atoms with van der Waals surface area (Å²) < 4.78 is 0. The number of aromatic nitrogens is 2. The SMILES string of the molecule is CCc1ccc(-c2nc(C)cc(CNC)n2)cc1. The van der Waals surface area contributed by atoms with Gasteiger partial charge in [-0.25, -0.2) is 9.97 Å². The second kappa shape index (κ2) is 5.74. The summed E-state index contributed by atoms with van der Waals surface area (Å²) in [5.74, 6) is 0.808. The predicted octanol–water partition coefficient (Wildman–Crippen LogP) is 2.73. The summed E-state index contributed by atoms with van der Waals surface area (Å²) in [5.41, 5.74) is 4.44. The molecule has 0 unspecified atom stereocenters. The highest BCUT2D eigenvalue weighted by molar-refractivity contribution is 5.55. The molecule has 0 saturated carbocycles. The minimum atomic E-state index is 0.767. The summed E-state index contributed by atoms with van der Waals surface area (Å²) in [6.45, 7) is 4.93. The van der Waals surface area contributed by atoms with E-state index in [9.17, 15) is 0 Å². The molecule has 2 rings (SSSR count). The first-order valence-corrected chi connectivity index (χ1v) is 6.31. The largest absolute Gasteiger partial charge is 0.314 e. The highest BCUT2D eigenvalue weighted by atomic mass is 14.9. The Bertz CT molecular complexity index is 518. The molecule has 0 radical (unpaired) electrons. The molecule has 2 aromatic rings. The van der Waals surface area contributed by atoms with Gasteiger partial charge < -0.3 is 5.32 Å². The van der Waals surface area contributed by atoms with Crippen LogP contribution in [0.5, 0.6) is 0 Å². The zero-order valence-corrected chi connectivity index (χ0v) is 11.2. The van der Waals surface area contributed by atoms with Crippen molar-refractivity contribution in [3.05, 3.63) is 47.3 Å². The Morgan fingerprint density at radius 2 is 1.83 bits per heavy atom. The van der Waals surface area contributed by atoms with Crippen molar-refractivity contribution in [3.63, 3.8) is 0 Å². The molecule has 3 nitrogen and oxygen atoms in total. The van der Waals surface area contributed by atoms with Gasteiger partial charge in [0, 0.05) is 17.8 Å². The van der Waals surface area contributed by atoms with Crippen LogP contribution in [0.4, 0.5) is 0 Å². The second-order valence-electron chi connectivity index (χ2n) is 4.41. The van der Waals surface area contributed by atoms with Crippen molar-refractivity contribution >= 4 is 0 Å². The summed E-state index contributed by atoms with van der Waals surface area (Å²) in [4.78, 5) is 9.08. The topological polar surface area (TPSA) is 37.8 Å². The van der Waals surface area contributed by atoms with Gasteiger partial charge in [-0.3, -0.25) is 0 Å². The van der Waals surface area contributed by atoms with Crippen molar-refractivity contribution < 1.29 is 0 Å². The number of hydrogen-bond donors (Lipinski definition) is 1. The molecule has 0 aliphatic heterocycles. The van der Waals surface area contributed by atoms with Gasteiger partial charge in [0.2, 0.25) is 0 Å². The molecular weight excluding hydrogens is 222 g/mol. The Balaban J connectivity index is 2.36. The number of aryl methyl sites for hydroxylation is 2. The van der Waals surface area contributed by atoms with Gasteiger partial charge >= 0.3 is 0 Å². The lowest BCUT2D eigenvalue weighted by atomic mass is 10.1. The highest BCUT2D eigenvalue weighted by Gasteiger charge is 2.04. The average molecular weight is 241 g/mol. The first-order chi connectivity index (χ1) is 8.72. The molecule has 18 heavy (non-hydrogen) atoms. The normalized spacial score (nSPS) is 10.6. The van der Waals surface area contributed by atoms with Gasteiger partial charge in [0.05, 0.1) is 5.69 Å². The number of rotatable bonds is 4. The van der Waals surface area contributed by atoms with Gasteiger partial charge in [0.15, 0.2) is 5.82 Å². The molecule has 1 N–H and O–H groups in total. The number of nitrogens with one attached hydrogen (secondary N) is 1. The summed E-state index contributed by atoms with van der Waals surface area (Å²) in [7, 11) is 1.92. The van der Waals surface area contributed by atoms with E-state index < -0.39 is 0 Å². The Morgan fingerprint density at radius 3 is 2.44 bits per heavy atom. The fraction of sp³-hybridized carbons (Fsp3) is 0.333. The summed E-state index contributed by atoms with van der Waals surface area (Å²) >= 11 is 0. The summed E-state index contributed by atoms with van der Waals surface area (Å²) in [5, 5.41) is 3.12. The first kappa shape index (κ1) is 12.7. The van der Waals surface area contributed by atoms with Crippen molar-refractivity contribution in [3.8, 4) is 11.4 Å². The van der Waals surface area contributed by atoms with Gasteiger partial charge in [-0.2, -0.15) is 0 Å². The molecule has 0 bridgehead atoms. The van der Waals surface area contributed by atoms with Crippen LogP contribution in [0.3, 0.4) is 0 Å². The van der Waals surface area contributed by atoms with Gasteiger partial charge in [0.1, 0.15) is 0 Å². The lowest BCUT2D eigenvalue weighted by molar-refractivity contribution is 0.785. The van der Waals surface area contributed by atoms with Crippen molar-refractivity contribution in [1.82, 2.24) is 15.3 Å². The smallest absolute Gasteiger partial charge is 0.159 e. The van der Waals surface area contributed by atoms with Crippen LogP contribution in [0, 0.1) is 6.92 Å². The average Bonchev–Trinajstić information content (AvgIpc) is 2.38. The van der Waals surface area contributed by atoms with Crippen LogP contribution in [0.1, 0.15) is 23.9 Å². The molecule has 0 amide bonds. The minimum Gasteiger partial charge on any atom is -0.314 e. The van der Waals surface area contributed by atoms with E-state index in [-0.39, 0.29) is 0 Å². The van der Waals surface area contributed by atoms with Crippen molar-refractivity contribution in [1.29, 1.82) is 0 Å². The van der Waals surface area contributed by atoms with Crippen LogP contribution in [0.15, 0.2) is 30.3 Å². The van der Waals surface area contributed by atoms with Crippen molar-refractivity contribution in [2.45, 2.75) is 26.8 Å². The lowest BCUT2D eigenvalue weighted by Crippen LogP contribution is -2.08. The van der Waals surface area contributed by atoms with Gasteiger partial charge in [-0.15, -0.1) is 0 Å². The van der Waals surface area contributed by atoms with E-state index in [0.29, 0.717) is 0 Å². The third kappa shape index (κ3) is 2.93. The monoisotopic (exact) mass is 241 g/mol. The van der Waals surface area contributed by atoms with Crippen molar-refractivity contribution in [2.24, 2.45) is 0 Å². The summed E-state index contributed by atoms with van der Waals surface area (Å²) in [6.07, 6.45) is 1.06. The van der Waals surface area contributed by atoms with Crippen LogP contribution in [0.25, 0.3) is 11.4 Å². The van der Waals surface area contributed by atoms with E-state index >= 15 is 0 Å². The molecule has 1 heterocycles. The van der Waals surface area contributed by atoms with Gasteiger partial charge in [0.25, 0.3) is 0 Å². The fourth-order valence-electron chi connectivity index (χ4n) is 1.92. The molecule has 0 aliphatic carbocycles. The van der Waals surface area contributed by atoms with E-state index in [2.05, 4.69) is 46.5 Å². The number of nitrogens with zero attached hydrogens (tertiary/aromatic N) is 2. The maximum absolute atomic E-state index is 4.58. The fourth-order valence-corrected chi connectivity index (χ4v) is 1.92. The van der Waals surface area contributed by atoms with Gasteiger partial charge in [-0.05, 0) is 32.0 Å². The molecular formula is C15H19N3. The maximum atomic E-state index is 4.58.